The van der Waals surface area contributed by atoms with Gasteiger partial charge in [-0.15, -0.1) is 0 Å². The first-order valence-corrected chi connectivity index (χ1v) is 6.51. The van der Waals surface area contributed by atoms with Crippen LogP contribution in [0.3, 0.4) is 0 Å². The van der Waals surface area contributed by atoms with E-state index in [1.54, 1.807) is 19.1 Å². The third-order valence-electron chi connectivity index (χ3n) is 3.04. The van der Waals surface area contributed by atoms with Gasteiger partial charge in [0.25, 0.3) is 5.89 Å². The summed E-state index contributed by atoms with van der Waals surface area (Å²) in [5.41, 5.74) is 1.70. The lowest BCUT2D eigenvalue weighted by Gasteiger charge is -2.00. The number of nitrogens with zero attached hydrogens (tertiary/aromatic N) is 2. The maximum atomic E-state index is 13.1. The average molecular weight is 305 g/mol. The fourth-order valence-electron chi connectivity index (χ4n) is 2.00. The molecular formula is C15H10ClFN2O2. The maximum Gasteiger partial charge on any atom is 0.262 e. The molecule has 0 saturated carbocycles. The molecule has 0 aliphatic carbocycles. The van der Waals surface area contributed by atoms with E-state index < -0.39 is 0 Å². The fourth-order valence-corrected chi connectivity index (χ4v) is 2.17. The number of aryl methyl sites for hydroxylation is 1. The molecule has 2 aromatic carbocycles. The van der Waals surface area contributed by atoms with Crippen molar-refractivity contribution < 1.29 is 14.0 Å². The number of halogens is 2. The van der Waals surface area contributed by atoms with Crippen LogP contribution in [-0.2, 0) is 0 Å². The van der Waals surface area contributed by atoms with E-state index in [9.17, 15) is 9.50 Å². The van der Waals surface area contributed by atoms with Gasteiger partial charge >= 0.3 is 0 Å². The molecule has 0 atom stereocenters. The van der Waals surface area contributed by atoms with Gasteiger partial charge in [0.05, 0.1) is 5.56 Å². The van der Waals surface area contributed by atoms with E-state index in [1.165, 1.54) is 24.3 Å². The molecule has 3 rings (SSSR count). The smallest absolute Gasteiger partial charge is 0.262 e. The van der Waals surface area contributed by atoms with Crippen LogP contribution >= 0.6 is 11.6 Å². The monoisotopic (exact) mass is 304 g/mol. The van der Waals surface area contributed by atoms with Crippen molar-refractivity contribution in [1.82, 2.24) is 10.1 Å². The van der Waals surface area contributed by atoms with Crippen LogP contribution in [-0.4, -0.2) is 15.2 Å². The van der Waals surface area contributed by atoms with Crippen molar-refractivity contribution in [3.05, 3.63) is 52.8 Å². The average Bonchev–Trinajstić information content (AvgIpc) is 2.91. The van der Waals surface area contributed by atoms with Crippen LogP contribution in [0.15, 0.2) is 40.9 Å². The third kappa shape index (κ3) is 2.60. The lowest BCUT2D eigenvalue weighted by atomic mass is 10.1. The topological polar surface area (TPSA) is 59.2 Å². The molecule has 0 fully saturated rings. The number of hydrogen-bond donors (Lipinski definition) is 1. The summed E-state index contributed by atoms with van der Waals surface area (Å²) >= 11 is 5.89. The van der Waals surface area contributed by atoms with Gasteiger partial charge in [-0.05, 0) is 48.9 Å². The molecule has 106 valence electrons. The van der Waals surface area contributed by atoms with E-state index in [0.29, 0.717) is 27.5 Å². The summed E-state index contributed by atoms with van der Waals surface area (Å²) in [6.07, 6.45) is 0. The van der Waals surface area contributed by atoms with Gasteiger partial charge in [0.1, 0.15) is 11.6 Å². The maximum absolute atomic E-state index is 13.1. The first-order valence-electron chi connectivity index (χ1n) is 6.14. The molecule has 6 heteroatoms. The Balaban J connectivity index is 2.06. The standard InChI is InChI=1S/C15H10ClFN2O2/c1-8-6-10(17)3-4-11(8)14-18-15(21-19-14)12-7-9(16)2-5-13(12)20/h2-7,20H,1H3. The second kappa shape index (κ2) is 5.18. The summed E-state index contributed by atoms with van der Waals surface area (Å²) < 4.78 is 18.3. The Labute approximate surface area is 124 Å². The summed E-state index contributed by atoms with van der Waals surface area (Å²) in [5, 5.41) is 14.1. The van der Waals surface area contributed by atoms with Crippen LogP contribution in [0.4, 0.5) is 4.39 Å². The Morgan fingerprint density at radius 2 is 1.95 bits per heavy atom. The Morgan fingerprint density at radius 3 is 2.71 bits per heavy atom. The normalized spacial score (nSPS) is 10.8. The van der Waals surface area contributed by atoms with Crippen molar-refractivity contribution in [2.45, 2.75) is 6.92 Å². The van der Waals surface area contributed by atoms with Crippen LogP contribution in [0.2, 0.25) is 5.02 Å². The minimum absolute atomic E-state index is 0.00886. The second-order valence-electron chi connectivity index (χ2n) is 4.54. The van der Waals surface area contributed by atoms with E-state index in [1.807, 2.05) is 0 Å². The zero-order valence-electron chi connectivity index (χ0n) is 11.0. The summed E-state index contributed by atoms with van der Waals surface area (Å²) in [6.45, 7) is 1.76. The van der Waals surface area contributed by atoms with Crippen molar-refractivity contribution in [1.29, 1.82) is 0 Å². The van der Waals surface area contributed by atoms with Crippen LogP contribution < -0.4 is 0 Å². The number of rotatable bonds is 2. The summed E-state index contributed by atoms with van der Waals surface area (Å²) in [7, 11) is 0. The lowest BCUT2D eigenvalue weighted by molar-refractivity contribution is 0.425. The molecule has 4 nitrogen and oxygen atoms in total. The summed E-state index contributed by atoms with van der Waals surface area (Å²) in [6, 6.07) is 8.84. The highest BCUT2D eigenvalue weighted by atomic mass is 35.5. The Hall–Kier alpha value is -2.40. The Bertz CT molecular complexity index is 817. The molecule has 0 aliphatic rings. The zero-order valence-corrected chi connectivity index (χ0v) is 11.7. The van der Waals surface area contributed by atoms with Gasteiger partial charge in [-0.25, -0.2) is 4.39 Å². The molecule has 1 N–H and O–H groups in total. The van der Waals surface area contributed by atoms with E-state index in [2.05, 4.69) is 10.1 Å². The molecule has 3 aromatic rings. The number of hydrogen-bond acceptors (Lipinski definition) is 4. The van der Waals surface area contributed by atoms with Crippen molar-refractivity contribution >= 4 is 11.6 Å². The highest BCUT2D eigenvalue weighted by Gasteiger charge is 2.15. The van der Waals surface area contributed by atoms with Gasteiger partial charge in [0.15, 0.2) is 0 Å². The molecule has 21 heavy (non-hydrogen) atoms. The van der Waals surface area contributed by atoms with Gasteiger partial charge in [-0.3, -0.25) is 0 Å². The van der Waals surface area contributed by atoms with Gasteiger partial charge < -0.3 is 9.63 Å². The van der Waals surface area contributed by atoms with Gasteiger partial charge in [0.2, 0.25) is 5.82 Å². The van der Waals surface area contributed by atoms with Crippen LogP contribution in [0.25, 0.3) is 22.8 Å². The summed E-state index contributed by atoms with van der Waals surface area (Å²) in [4.78, 5) is 4.22. The zero-order chi connectivity index (χ0) is 15.0. The van der Waals surface area contributed by atoms with Crippen LogP contribution in [0, 0.1) is 12.7 Å². The first-order chi connectivity index (χ1) is 10.0. The Kier molecular flexibility index (Phi) is 3.35. The number of aromatic nitrogens is 2. The largest absolute Gasteiger partial charge is 0.507 e. The van der Waals surface area contributed by atoms with Crippen molar-refractivity contribution in [2.75, 3.05) is 0 Å². The molecule has 0 spiro atoms. The SMILES string of the molecule is Cc1cc(F)ccc1-c1noc(-c2cc(Cl)ccc2O)n1. The third-order valence-corrected chi connectivity index (χ3v) is 3.28. The quantitative estimate of drug-likeness (QED) is 0.770. The molecule has 0 unspecified atom stereocenters. The minimum Gasteiger partial charge on any atom is -0.507 e. The molecule has 0 amide bonds. The minimum atomic E-state index is -0.326. The molecule has 1 aromatic heterocycles. The number of phenolic OH excluding ortho intramolecular Hbond substituents is 1. The second-order valence-corrected chi connectivity index (χ2v) is 4.98. The van der Waals surface area contributed by atoms with Gasteiger partial charge in [-0.1, -0.05) is 16.8 Å². The van der Waals surface area contributed by atoms with E-state index in [4.69, 9.17) is 16.1 Å². The number of aromatic hydroxyl groups is 1. The molecular weight excluding hydrogens is 295 g/mol. The number of benzene rings is 2. The van der Waals surface area contributed by atoms with Crippen LogP contribution in [0.5, 0.6) is 5.75 Å². The molecule has 0 bridgehead atoms. The van der Waals surface area contributed by atoms with Gasteiger partial charge in [0, 0.05) is 10.6 Å². The van der Waals surface area contributed by atoms with Crippen LogP contribution in [0.1, 0.15) is 5.56 Å². The first kappa shape index (κ1) is 13.6. The number of phenols is 1. The fraction of sp³-hybridized carbons (Fsp3) is 0.0667. The van der Waals surface area contributed by atoms with Crippen molar-refractivity contribution in [3.63, 3.8) is 0 Å². The van der Waals surface area contributed by atoms with Crippen molar-refractivity contribution in [3.8, 4) is 28.6 Å². The Morgan fingerprint density at radius 1 is 1.14 bits per heavy atom. The van der Waals surface area contributed by atoms with E-state index in [-0.39, 0.29) is 17.5 Å². The van der Waals surface area contributed by atoms with Gasteiger partial charge in [-0.2, -0.15) is 4.98 Å². The van der Waals surface area contributed by atoms with Crippen molar-refractivity contribution in [2.24, 2.45) is 0 Å². The highest BCUT2D eigenvalue weighted by Crippen LogP contribution is 2.32. The predicted octanol–water partition coefficient (Wildman–Crippen LogP) is 4.21. The molecule has 0 aliphatic heterocycles. The molecule has 1 heterocycles. The van der Waals surface area contributed by atoms with E-state index >= 15 is 0 Å². The van der Waals surface area contributed by atoms with E-state index in [0.717, 1.165) is 0 Å². The molecule has 0 saturated heterocycles. The lowest BCUT2D eigenvalue weighted by Crippen LogP contribution is -1.87. The highest BCUT2D eigenvalue weighted by molar-refractivity contribution is 6.30. The molecule has 0 radical (unpaired) electrons. The summed E-state index contributed by atoms with van der Waals surface area (Å²) in [5.74, 6) is 0.133. The predicted molar refractivity (Wildman–Crippen MR) is 76.5 cm³/mol.